The zero-order chi connectivity index (χ0) is 18.2. The molecule has 1 heterocycles. The monoisotopic (exact) mass is 360 g/mol. The molecule has 0 aromatic heterocycles. The number of hydrogen-bond acceptors (Lipinski definition) is 3. The lowest BCUT2D eigenvalue weighted by Gasteiger charge is -2.60. The van der Waals surface area contributed by atoms with Gasteiger partial charge >= 0.3 is 0 Å². The molecule has 7 atom stereocenters. The molecule has 4 aliphatic carbocycles. The predicted octanol–water partition coefficient (Wildman–Crippen LogP) is 4.98. The molecule has 0 radical (unpaired) electrons. The van der Waals surface area contributed by atoms with Crippen molar-refractivity contribution >= 4 is 5.78 Å². The van der Waals surface area contributed by atoms with Crippen LogP contribution in [0.1, 0.15) is 78.6 Å². The average Bonchev–Trinajstić information content (AvgIpc) is 3.19. The van der Waals surface area contributed by atoms with Crippen LogP contribution in [-0.4, -0.2) is 24.8 Å². The Hall–Kier alpha value is -0.410. The third-order valence-electron chi connectivity index (χ3n) is 9.98. The fraction of sp³-hybridized carbons (Fsp3) is 0.957. The summed E-state index contributed by atoms with van der Waals surface area (Å²) in [7, 11) is 0. The lowest BCUT2D eigenvalue weighted by Crippen LogP contribution is -2.55. The van der Waals surface area contributed by atoms with E-state index >= 15 is 0 Å². The zero-order valence-electron chi connectivity index (χ0n) is 16.9. The highest BCUT2D eigenvalue weighted by molar-refractivity contribution is 5.79. The maximum atomic E-state index is 12.1. The molecule has 3 nitrogen and oxygen atoms in total. The van der Waals surface area contributed by atoms with E-state index in [-0.39, 0.29) is 5.79 Å². The molecule has 5 fully saturated rings. The smallest absolute Gasteiger partial charge is 0.169 e. The maximum absolute atomic E-state index is 12.1. The van der Waals surface area contributed by atoms with Gasteiger partial charge in [0.15, 0.2) is 5.79 Å². The predicted molar refractivity (Wildman–Crippen MR) is 101 cm³/mol. The van der Waals surface area contributed by atoms with Gasteiger partial charge in [0.1, 0.15) is 5.78 Å². The van der Waals surface area contributed by atoms with E-state index in [1.807, 2.05) is 0 Å². The van der Waals surface area contributed by atoms with E-state index in [9.17, 15) is 4.79 Å². The molecule has 26 heavy (non-hydrogen) atoms. The van der Waals surface area contributed by atoms with Crippen molar-refractivity contribution in [1.82, 2.24) is 0 Å². The lowest BCUT2D eigenvalue weighted by molar-refractivity contribution is -0.217. The molecule has 0 aromatic rings. The Kier molecular flexibility index (Phi) is 3.94. The summed E-state index contributed by atoms with van der Waals surface area (Å²) < 4.78 is 12.3. The molecular formula is C23H36O3. The third kappa shape index (κ3) is 2.28. The second kappa shape index (κ2) is 5.80. The summed E-state index contributed by atoms with van der Waals surface area (Å²) in [5, 5.41) is 0. The molecule has 0 bridgehead atoms. The largest absolute Gasteiger partial charge is 0.348 e. The molecular weight excluding hydrogens is 324 g/mol. The van der Waals surface area contributed by atoms with E-state index in [4.69, 9.17) is 9.47 Å². The second-order valence-corrected chi connectivity index (χ2v) is 10.8. The number of ketones is 1. The SMILES string of the molecule is CC1(C2CCC3C4CC[C@H]5CC(=O)CCC5(C)C4CCC32C)OCCO1. The van der Waals surface area contributed by atoms with Crippen LogP contribution in [0.2, 0.25) is 0 Å². The maximum Gasteiger partial charge on any atom is 0.169 e. The van der Waals surface area contributed by atoms with Gasteiger partial charge in [-0.3, -0.25) is 4.79 Å². The molecule has 1 saturated heterocycles. The van der Waals surface area contributed by atoms with Crippen LogP contribution >= 0.6 is 0 Å². The van der Waals surface area contributed by atoms with Gasteiger partial charge in [0.05, 0.1) is 13.2 Å². The van der Waals surface area contributed by atoms with Crippen molar-refractivity contribution in [3.8, 4) is 0 Å². The van der Waals surface area contributed by atoms with E-state index in [2.05, 4.69) is 20.8 Å². The van der Waals surface area contributed by atoms with Crippen LogP contribution < -0.4 is 0 Å². The summed E-state index contributed by atoms with van der Waals surface area (Å²) in [4.78, 5) is 12.1. The number of carbonyl (C=O) groups is 1. The fourth-order valence-electron chi connectivity index (χ4n) is 8.64. The van der Waals surface area contributed by atoms with Crippen molar-refractivity contribution in [2.24, 2.45) is 40.4 Å². The van der Waals surface area contributed by atoms with Crippen molar-refractivity contribution in [2.75, 3.05) is 13.2 Å². The van der Waals surface area contributed by atoms with Gasteiger partial charge in [-0.2, -0.15) is 0 Å². The van der Waals surface area contributed by atoms with Gasteiger partial charge in [-0.1, -0.05) is 13.8 Å². The summed E-state index contributed by atoms with van der Waals surface area (Å²) in [5.41, 5.74) is 0.786. The van der Waals surface area contributed by atoms with Crippen molar-refractivity contribution in [2.45, 2.75) is 84.3 Å². The summed E-state index contributed by atoms with van der Waals surface area (Å²) in [6, 6.07) is 0. The normalized spacial score (nSPS) is 53.0. The number of Topliss-reactive ketones (excluding diaryl/α,β-unsaturated/α-hetero) is 1. The highest BCUT2D eigenvalue weighted by atomic mass is 16.7. The molecule has 4 saturated carbocycles. The molecule has 6 unspecified atom stereocenters. The highest BCUT2D eigenvalue weighted by Crippen LogP contribution is 2.68. The number of carbonyl (C=O) groups excluding carboxylic acids is 1. The van der Waals surface area contributed by atoms with Gasteiger partial charge < -0.3 is 9.47 Å². The van der Waals surface area contributed by atoms with E-state index in [1.54, 1.807) is 0 Å². The third-order valence-corrected chi connectivity index (χ3v) is 9.98. The first-order chi connectivity index (χ1) is 12.4. The molecule has 0 aromatic carbocycles. The van der Waals surface area contributed by atoms with Crippen LogP contribution in [0.25, 0.3) is 0 Å². The minimum Gasteiger partial charge on any atom is -0.348 e. The Bertz CT molecular complexity index is 594. The van der Waals surface area contributed by atoms with Crippen molar-refractivity contribution in [3.05, 3.63) is 0 Å². The van der Waals surface area contributed by atoms with Gasteiger partial charge in [0.2, 0.25) is 0 Å². The minimum atomic E-state index is -0.352. The number of rotatable bonds is 1. The van der Waals surface area contributed by atoms with Crippen molar-refractivity contribution in [3.63, 3.8) is 0 Å². The fourth-order valence-corrected chi connectivity index (χ4v) is 8.64. The van der Waals surface area contributed by atoms with Crippen LogP contribution in [0.5, 0.6) is 0 Å². The summed E-state index contributed by atoms with van der Waals surface area (Å²) in [5.74, 6) is 3.90. The molecule has 0 amide bonds. The van der Waals surface area contributed by atoms with Crippen molar-refractivity contribution in [1.29, 1.82) is 0 Å². The van der Waals surface area contributed by atoms with Crippen LogP contribution in [-0.2, 0) is 14.3 Å². The first-order valence-corrected chi connectivity index (χ1v) is 11.2. The number of hydrogen-bond donors (Lipinski definition) is 0. The first kappa shape index (κ1) is 17.7. The molecule has 0 spiro atoms. The Balaban J connectivity index is 1.42. The molecule has 146 valence electrons. The van der Waals surface area contributed by atoms with Crippen LogP contribution in [0.4, 0.5) is 0 Å². The zero-order valence-corrected chi connectivity index (χ0v) is 16.9. The molecule has 3 heteroatoms. The molecule has 1 aliphatic heterocycles. The molecule has 5 aliphatic rings. The minimum absolute atomic E-state index is 0.352. The van der Waals surface area contributed by atoms with E-state index < -0.39 is 0 Å². The Labute approximate surface area is 158 Å². The number of fused-ring (bicyclic) bond motifs is 5. The molecule has 5 rings (SSSR count). The van der Waals surface area contributed by atoms with Crippen molar-refractivity contribution < 1.29 is 14.3 Å². The molecule has 0 N–H and O–H groups in total. The summed E-state index contributed by atoms with van der Waals surface area (Å²) in [6.45, 7) is 8.82. The van der Waals surface area contributed by atoms with Gasteiger partial charge in [-0.05, 0) is 86.4 Å². The van der Waals surface area contributed by atoms with Gasteiger partial charge in [-0.25, -0.2) is 0 Å². The van der Waals surface area contributed by atoms with Crippen LogP contribution in [0.3, 0.4) is 0 Å². The van der Waals surface area contributed by atoms with E-state index in [0.29, 0.717) is 28.4 Å². The topological polar surface area (TPSA) is 35.5 Å². The van der Waals surface area contributed by atoms with Crippen LogP contribution in [0.15, 0.2) is 0 Å². The Morgan fingerprint density at radius 3 is 2.35 bits per heavy atom. The van der Waals surface area contributed by atoms with E-state index in [1.165, 1.54) is 38.5 Å². The second-order valence-electron chi connectivity index (χ2n) is 10.8. The quantitative estimate of drug-likeness (QED) is 0.662. The van der Waals surface area contributed by atoms with Gasteiger partial charge in [0.25, 0.3) is 0 Å². The highest BCUT2D eigenvalue weighted by Gasteiger charge is 2.63. The van der Waals surface area contributed by atoms with Gasteiger partial charge in [-0.15, -0.1) is 0 Å². The average molecular weight is 361 g/mol. The van der Waals surface area contributed by atoms with Crippen LogP contribution in [0, 0.1) is 40.4 Å². The van der Waals surface area contributed by atoms with E-state index in [0.717, 1.165) is 50.2 Å². The standard InChI is InChI=1S/C23H36O3/c1-21-10-8-16(24)14-15(21)4-5-17-18-6-7-20(23(3)25-12-13-26-23)22(18,2)11-9-19(17)21/h15,17-20H,4-14H2,1-3H3/t15-,17?,18?,19?,20?,21?,22?/m0/s1. The summed E-state index contributed by atoms with van der Waals surface area (Å²) >= 11 is 0. The first-order valence-electron chi connectivity index (χ1n) is 11.2. The summed E-state index contributed by atoms with van der Waals surface area (Å²) in [6.07, 6.45) is 10.8. The van der Waals surface area contributed by atoms with Gasteiger partial charge in [0, 0.05) is 18.8 Å². The number of ether oxygens (including phenoxy) is 2. The Morgan fingerprint density at radius 2 is 1.58 bits per heavy atom. The Morgan fingerprint density at radius 1 is 0.846 bits per heavy atom. The lowest BCUT2D eigenvalue weighted by atomic mass is 9.44.